The highest BCUT2D eigenvalue weighted by atomic mass is 16.7. The maximum absolute atomic E-state index is 11.7. The lowest BCUT2D eigenvalue weighted by atomic mass is 9.98. The molecule has 88 valence electrons. The molecular formula is C11H22N2O2. The molecule has 1 aliphatic heterocycles. The predicted molar refractivity (Wildman–Crippen MR) is 59.2 cm³/mol. The van der Waals surface area contributed by atoms with Gasteiger partial charge >= 0.3 is 5.97 Å². The fraction of sp³-hybridized carbons (Fsp3) is 0.909. The average Bonchev–Trinajstić information content (AvgIpc) is 2.17. The Bertz CT molecular complexity index is 223. The predicted octanol–water partition coefficient (Wildman–Crippen LogP) is 1.17. The molecule has 0 radical (unpaired) electrons. The molecule has 0 unspecified atom stereocenters. The second kappa shape index (κ2) is 4.94. The number of nitrogens with one attached hydrogen (secondary N) is 1. The number of hydrogen-bond donors (Lipinski definition) is 1. The van der Waals surface area contributed by atoms with Crippen molar-refractivity contribution in [2.75, 3.05) is 19.6 Å². The fourth-order valence-corrected chi connectivity index (χ4v) is 1.45. The summed E-state index contributed by atoms with van der Waals surface area (Å²) in [6.45, 7) is 10.3. The van der Waals surface area contributed by atoms with E-state index < -0.39 is 5.41 Å². The van der Waals surface area contributed by atoms with Crippen molar-refractivity contribution in [2.45, 2.75) is 40.2 Å². The molecule has 4 nitrogen and oxygen atoms in total. The van der Waals surface area contributed by atoms with Gasteiger partial charge in [-0.05, 0) is 27.2 Å². The molecule has 0 aromatic rings. The Morgan fingerprint density at radius 1 is 1.53 bits per heavy atom. The highest BCUT2D eigenvalue weighted by Gasteiger charge is 2.29. The number of rotatable bonds is 2. The molecular weight excluding hydrogens is 192 g/mol. The summed E-state index contributed by atoms with van der Waals surface area (Å²) in [4.78, 5) is 17.1. The van der Waals surface area contributed by atoms with Gasteiger partial charge in [-0.2, -0.15) is 0 Å². The van der Waals surface area contributed by atoms with Crippen LogP contribution in [0.4, 0.5) is 0 Å². The number of piperazine rings is 1. The Hall–Kier alpha value is -0.610. The SMILES string of the molecule is CC[C@@H]1CNCCN1OC(=O)C(C)(C)C. The Balaban J connectivity index is 2.52. The maximum atomic E-state index is 11.7. The molecule has 0 aromatic heterocycles. The van der Waals surface area contributed by atoms with Gasteiger partial charge in [-0.15, -0.1) is 5.06 Å². The molecule has 0 amide bonds. The summed E-state index contributed by atoms with van der Waals surface area (Å²) in [5.41, 5.74) is -0.427. The van der Waals surface area contributed by atoms with Gasteiger partial charge in [-0.25, -0.2) is 4.79 Å². The average molecular weight is 214 g/mol. The van der Waals surface area contributed by atoms with E-state index in [9.17, 15) is 4.79 Å². The van der Waals surface area contributed by atoms with Crippen molar-refractivity contribution in [1.29, 1.82) is 0 Å². The third-order valence-electron chi connectivity index (χ3n) is 2.58. The van der Waals surface area contributed by atoms with Crippen molar-refractivity contribution >= 4 is 5.97 Å². The van der Waals surface area contributed by atoms with Gasteiger partial charge < -0.3 is 10.2 Å². The van der Waals surface area contributed by atoms with Crippen LogP contribution in [0.5, 0.6) is 0 Å². The van der Waals surface area contributed by atoms with Crippen LogP contribution in [0.25, 0.3) is 0 Å². The largest absolute Gasteiger partial charge is 0.367 e. The van der Waals surface area contributed by atoms with Gasteiger partial charge in [0.2, 0.25) is 0 Å². The monoisotopic (exact) mass is 214 g/mol. The molecule has 0 aromatic carbocycles. The molecule has 1 fully saturated rings. The highest BCUT2D eigenvalue weighted by molar-refractivity contribution is 5.75. The lowest BCUT2D eigenvalue weighted by Gasteiger charge is -2.35. The van der Waals surface area contributed by atoms with E-state index in [-0.39, 0.29) is 5.97 Å². The molecule has 1 saturated heterocycles. The molecule has 0 saturated carbocycles. The first-order chi connectivity index (χ1) is 6.95. The number of carbonyl (C=O) groups excluding carboxylic acids is 1. The number of hydroxylamine groups is 2. The Labute approximate surface area is 91.9 Å². The van der Waals surface area contributed by atoms with E-state index in [2.05, 4.69) is 12.2 Å². The summed E-state index contributed by atoms with van der Waals surface area (Å²) >= 11 is 0. The number of carbonyl (C=O) groups is 1. The highest BCUT2D eigenvalue weighted by Crippen LogP contribution is 2.18. The topological polar surface area (TPSA) is 41.6 Å². The Kier molecular flexibility index (Phi) is 4.11. The molecule has 1 N–H and O–H groups in total. The zero-order valence-electron chi connectivity index (χ0n) is 10.2. The van der Waals surface area contributed by atoms with Crippen molar-refractivity contribution in [3.05, 3.63) is 0 Å². The first-order valence-electron chi connectivity index (χ1n) is 5.65. The molecule has 1 rings (SSSR count). The van der Waals surface area contributed by atoms with Crippen LogP contribution >= 0.6 is 0 Å². The van der Waals surface area contributed by atoms with Gasteiger partial charge in [-0.1, -0.05) is 6.92 Å². The summed E-state index contributed by atoms with van der Waals surface area (Å²) in [6.07, 6.45) is 0.990. The van der Waals surface area contributed by atoms with E-state index >= 15 is 0 Å². The fourth-order valence-electron chi connectivity index (χ4n) is 1.45. The zero-order valence-corrected chi connectivity index (χ0v) is 10.2. The van der Waals surface area contributed by atoms with Crippen LogP contribution in [-0.2, 0) is 9.63 Å². The van der Waals surface area contributed by atoms with Gasteiger partial charge in [0.15, 0.2) is 0 Å². The van der Waals surface area contributed by atoms with Crippen LogP contribution in [0.1, 0.15) is 34.1 Å². The second-order valence-electron chi connectivity index (χ2n) is 5.04. The smallest absolute Gasteiger partial charge is 0.330 e. The minimum absolute atomic E-state index is 0.150. The van der Waals surface area contributed by atoms with Crippen LogP contribution < -0.4 is 5.32 Å². The van der Waals surface area contributed by atoms with Gasteiger partial charge in [0.05, 0.1) is 11.5 Å². The molecule has 0 spiro atoms. The summed E-state index contributed by atoms with van der Waals surface area (Å²) in [6, 6.07) is 0.310. The Morgan fingerprint density at radius 3 is 2.73 bits per heavy atom. The minimum atomic E-state index is -0.427. The molecule has 1 aliphatic rings. The van der Waals surface area contributed by atoms with Crippen molar-refractivity contribution in [3.8, 4) is 0 Å². The molecule has 4 heteroatoms. The van der Waals surface area contributed by atoms with Gasteiger partial charge in [-0.3, -0.25) is 0 Å². The quantitative estimate of drug-likeness (QED) is 0.749. The van der Waals surface area contributed by atoms with E-state index in [4.69, 9.17) is 4.84 Å². The number of hydrogen-bond acceptors (Lipinski definition) is 4. The van der Waals surface area contributed by atoms with E-state index in [1.54, 1.807) is 0 Å². The van der Waals surface area contributed by atoms with Crippen LogP contribution in [0.2, 0.25) is 0 Å². The van der Waals surface area contributed by atoms with E-state index in [0.717, 1.165) is 26.1 Å². The van der Waals surface area contributed by atoms with Crippen molar-refractivity contribution in [1.82, 2.24) is 10.4 Å². The van der Waals surface area contributed by atoms with Crippen LogP contribution in [0.3, 0.4) is 0 Å². The lowest BCUT2D eigenvalue weighted by Crippen LogP contribution is -2.52. The van der Waals surface area contributed by atoms with Crippen LogP contribution in [0, 0.1) is 5.41 Å². The van der Waals surface area contributed by atoms with Gasteiger partial charge in [0.1, 0.15) is 0 Å². The first-order valence-corrected chi connectivity index (χ1v) is 5.65. The third kappa shape index (κ3) is 3.47. The number of nitrogens with zero attached hydrogens (tertiary/aromatic N) is 1. The van der Waals surface area contributed by atoms with Crippen molar-refractivity contribution in [3.63, 3.8) is 0 Å². The summed E-state index contributed by atoms with van der Waals surface area (Å²) in [7, 11) is 0. The van der Waals surface area contributed by atoms with Crippen molar-refractivity contribution < 1.29 is 9.63 Å². The van der Waals surface area contributed by atoms with Gasteiger partial charge in [0, 0.05) is 19.6 Å². The minimum Gasteiger partial charge on any atom is -0.367 e. The first kappa shape index (κ1) is 12.5. The van der Waals surface area contributed by atoms with E-state index in [0.29, 0.717) is 6.04 Å². The maximum Gasteiger partial charge on any atom is 0.330 e. The van der Waals surface area contributed by atoms with Crippen LogP contribution in [0.15, 0.2) is 0 Å². The molecule has 15 heavy (non-hydrogen) atoms. The molecule has 0 aliphatic carbocycles. The normalized spacial score (nSPS) is 23.9. The Morgan fingerprint density at radius 2 is 2.20 bits per heavy atom. The summed E-state index contributed by atoms with van der Waals surface area (Å²) in [5, 5.41) is 5.12. The summed E-state index contributed by atoms with van der Waals surface area (Å²) in [5.74, 6) is -0.150. The van der Waals surface area contributed by atoms with E-state index in [1.807, 2.05) is 25.8 Å². The van der Waals surface area contributed by atoms with Gasteiger partial charge in [0.25, 0.3) is 0 Å². The lowest BCUT2D eigenvalue weighted by molar-refractivity contribution is -0.215. The van der Waals surface area contributed by atoms with E-state index in [1.165, 1.54) is 0 Å². The summed E-state index contributed by atoms with van der Waals surface area (Å²) < 4.78 is 0. The van der Waals surface area contributed by atoms with Crippen LogP contribution in [-0.4, -0.2) is 36.7 Å². The zero-order chi connectivity index (χ0) is 11.5. The molecule has 1 atom stereocenters. The third-order valence-corrected chi connectivity index (χ3v) is 2.58. The second-order valence-corrected chi connectivity index (χ2v) is 5.04. The molecule has 0 bridgehead atoms. The molecule has 1 heterocycles. The van der Waals surface area contributed by atoms with Crippen molar-refractivity contribution in [2.24, 2.45) is 5.41 Å². The standard InChI is InChI=1S/C11H22N2O2/c1-5-9-8-12-6-7-13(9)15-10(14)11(2,3)4/h9,12H,5-8H2,1-4H3/t9-/m1/s1.